The third-order valence-electron chi connectivity index (χ3n) is 3.27. The lowest BCUT2D eigenvalue weighted by atomic mass is 9.95. The van der Waals surface area contributed by atoms with Gasteiger partial charge in [-0.2, -0.15) is 0 Å². The molecular weight excluding hydrogens is 359 g/mol. The van der Waals surface area contributed by atoms with E-state index in [9.17, 15) is 9.18 Å². The van der Waals surface area contributed by atoms with Crippen molar-refractivity contribution < 1.29 is 13.9 Å². The summed E-state index contributed by atoms with van der Waals surface area (Å²) in [6.07, 6.45) is 0. The van der Waals surface area contributed by atoms with E-state index in [1.165, 1.54) is 19.2 Å². The standard InChI is InChI=1S/C16H13BrClFO2/c1-8-6-12(17)9(2)14(16(8)21-3)15(20)11-5-4-10(19)7-13(11)18/h4-7H,1-3H3. The molecule has 0 heterocycles. The Morgan fingerprint density at radius 1 is 1.29 bits per heavy atom. The summed E-state index contributed by atoms with van der Waals surface area (Å²) in [7, 11) is 1.51. The fraction of sp³-hybridized carbons (Fsp3) is 0.188. The number of carbonyl (C=O) groups is 1. The first kappa shape index (κ1) is 16.0. The van der Waals surface area contributed by atoms with Crippen molar-refractivity contribution in [2.45, 2.75) is 13.8 Å². The van der Waals surface area contributed by atoms with E-state index < -0.39 is 5.82 Å². The summed E-state index contributed by atoms with van der Waals surface area (Å²) in [4.78, 5) is 12.8. The normalized spacial score (nSPS) is 10.6. The van der Waals surface area contributed by atoms with Gasteiger partial charge in [-0.3, -0.25) is 4.79 Å². The monoisotopic (exact) mass is 370 g/mol. The molecule has 0 N–H and O–H groups in total. The molecule has 0 aliphatic rings. The van der Waals surface area contributed by atoms with Crippen LogP contribution >= 0.6 is 27.5 Å². The average Bonchev–Trinajstić information content (AvgIpc) is 2.41. The van der Waals surface area contributed by atoms with E-state index in [4.69, 9.17) is 16.3 Å². The van der Waals surface area contributed by atoms with Crippen LogP contribution in [0.25, 0.3) is 0 Å². The van der Waals surface area contributed by atoms with Gasteiger partial charge < -0.3 is 4.74 Å². The summed E-state index contributed by atoms with van der Waals surface area (Å²) in [5, 5.41) is 0.0825. The molecule has 2 rings (SSSR count). The van der Waals surface area contributed by atoms with Crippen LogP contribution in [0.4, 0.5) is 4.39 Å². The van der Waals surface area contributed by atoms with E-state index in [1.54, 1.807) is 0 Å². The molecule has 0 bridgehead atoms. The number of ether oxygens (including phenoxy) is 1. The van der Waals surface area contributed by atoms with Gasteiger partial charge in [0.25, 0.3) is 0 Å². The second kappa shape index (κ2) is 6.16. The molecule has 0 saturated carbocycles. The number of carbonyl (C=O) groups excluding carboxylic acids is 1. The van der Waals surface area contributed by atoms with Crippen molar-refractivity contribution in [3.63, 3.8) is 0 Å². The first-order valence-corrected chi connectivity index (χ1v) is 7.37. The smallest absolute Gasteiger partial charge is 0.198 e. The number of rotatable bonds is 3. The zero-order valence-electron chi connectivity index (χ0n) is 11.8. The summed E-state index contributed by atoms with van der Waals surface area (Å²) in [6, 6.07) is 5.61. The van der Waals surface area contributed by atoms with Crippen molar-refractivity contribution >= 4 is 33.3 Å². The molecule has 21 heavy (non-hydrogen) atoms. The first-order chi connectivity index (χ1) is 9.86. The summed E-state index contributed by atoms with van der Waals surface area (Å²) in [6.45, 7) is 3.67. The molecule has 0 unspecified atom stereocenters. The molecule has 0 radical (unpaired) electrons. The van der Waals surface area contributed by atoms with Gasteiger partial charge in [-0.1, -0.05) is 27.5 Å². The van der Waals surface area contributed by atoms with Crippen molar-refractivity contribution in [3.8, 4) is 5.75 Å². The lowest BCUT2D eigenvalue weighted by Gasteiger charge is -2.15. The Kier molecular flexibility index (Phi) is 4.69. The molecule has 0 aliphatic carbocycles. The van der Waals surface area contributed by atoms with Crippen LogP contribution in [0.1, 0.15) is 27.0 Å². The Bertz CT molecular complexity index is 729. The van der Waals surface area contributed by atoms with Crippen LogP contribution < -0.4 is 4.74 Å². The number of hydrogen-bond donors (Lipinski definition) is 0. The minimum atomic E-state index is -0.481. The van der Waals surface area contributed by atoms with Crippen LogP contribution in [0.3, 0.4) is 0 Å². The largest absolute Gasteiger partial charge is 0.496 e. The molecule has 2 aromatic rings. The maximum Gasteiger partial charge on any atom is 0.198 e. The third kappa shape index (κ3) is 2.97. The van der Waals surface area contributed by atoms with Gasteiger partial charge in [-0.05, 0) is 49.2 Å². The highest BCUT2D eigenvalue weighted by Gasteiger charge is 2.22. The number of methoxy groups -OCH3 is 1. The Morgan fingerprint density at radius 3 is 2.52 bits per heavy atom. The van der Waals surface area contributed by atoms with Crippen molar-refractivity contribution in [1.82, 2.24) is 0 Å². The van der Waals surface area contributed by atoms with Gasteiger partial charge in [0.15, 0.2) is 5.78 Å². The SMILES string of the molecule is COc1c(C)cc(Br)c(C)c1C(=O)c1ccc(F)cc1Cl. The predicted molar refractivity (Wildman–Crippen MR) is 85.0 cm³/mol. The topological polar surface area (TPSA) is 26.3 Å². The summed E-state index contributed by atoms with van der Waals surface area (Å²) < 4.78 is 19.3. The quantitative estimate of drug-likeness (QED) is 0.702. The Labute approximate surface area is 136 Å². The fourth-order valence-electron chi connectivity index (χ4n) is 2.20. The number of halogens is 3. The van der Waals surface area contributed by atoms with Crippen molar-refractivity contribution in [3.05, 3.63) is 61.8 Å². The Hall–Kier alpha value is -1.39. The van der Waals surface area contributed by atoms with E-state index in [1.807, 2.05) is 19.9 Å². The Morgan fingerprint density at radius 2 is 1.95 bits per heavy atom. The zero-order chi connectivity index (χ0) is 15.7. The molecule has 2 nitrogen and oxygen atoms in total. The highest BCUT2D eigenvalue weighted by atomic mass is 79.9. The molecule has 0 saturated heterocycles. The Balaban J connectivity index is 2.68. The van der Waals surface area contributed by atoms with Crippen LogP contribution in [0.5, 0.6) is 5.75 Å². The van der Waals surface area contributed by atoms with Crippen molar-refractivity contribution in [2.24, 2.45) is 0 Å². The summed E-state index contributed by atoms with van der Waals surface area (Å²) in [5.41, 5.74) is 2.26. The average molecular weight is 372 g/mol. The van der Waals surface area contributed by atoms with Gasteiger partial charge in [-0.15, -0.1) is 0 Å². The summed E-state index contributed by atoms with van der Waals surface area (Å²) in [5.74, 6) is -0.273. The van der Waals surface area contributed by atoms with E-state index in [-0.39, 0.29) is 16.4 Å². The van der Waals surface area contributed by atoms with E-state index in [0.29, 0.717) is 11.3 Å². The van der Waals surface area contributed by atoms with Gasteiger partial charge in [0.05, 0.1) is 17.7 Å². The van der Waals surface area contributed by atoms with Gasteiger partial charge in [0.2, 0.25) is 0 Å². The van der Waals surface area contributed by atoms with E-state index in [2.05, 4.69) is 15.9 Å². The lowest BCUT2D eigenvalue weighted by molar-refractivity contribution is 0.103. The lowest BCUT2D eigenvalue weighted by Crippen LogP contribution is -2.09. The van der Waals surface area contributed by atoms with Crippen LogP contribution in [-0.4, -0.2) is 12.9 Å². The molecule has 0 fully saturated rings. The molecule has 0 amide bonds. The highest BCUT2D eigenvalue weighted by Crippen LogP contribution is 2.35. The second-order valence-corrected chi connectivity index (χ2v) is 5.92. The van der Waals surface area contributed by atoms with Crippen LogP contribution in [0.15, 0.2) is 28.7 Å². The van der Waals surface area contributed by atoms with Crippen LogP contribution in [0, 0.1) is 19.7 Å². The summed E-state index contributed by atoms with van der Waals surface area (Å²) >= 11 is 9.42. The zero-order valence-corrected chi connectivity index (χ0v) is 14.1. The second-order valence-electron chi connectivity index (χ2n) is 4.66. The van der Waals surface area contributed by atoms with Crippen molar-refractivity contribution in [2.75, 3.05) is 7.11 Å². The minimum Gasteiger partial charge on any atom is -0.496 e. The number of aryl methyl sites for hydroxylation is 1. The van der Waals surface area contributed by atoms with Crippen molar-refractivity contribution in [1.29, 1.82) is 0 Å². The van der Waals surface area contributed by atoms with Gasteiger partial charge >= 0.3 is 0 Å². The molecule has 0 atom stereocenters. The van der Waals surface area contributed by atoms with E-state index in [0.717, 1.165) is 21.7 Å². The minimum absolute atomic E-state index is 0.0825. The van der Waals surface area contributed by atoms with Gasteiger partial charge in [0.1, 0.15) is 11.6 Å². The molecule has 0 aromatic heterocycles. The molecule has 5 heteroatoms. The molecule has 110 valence electrons. The van der Waals surface area contributed by atoms with Crippen LogP contribution in [0.2, 0.25) is 5.02 Å². The number of hydrogen-bond acceptors (Lipinski definition) is 2. The maximum absolute atomic E-state index is 13.1. The van der Waals surface area contributed by atoms with Gasteiger partial charge in [0, 0.05) is 10.0 Å². The molecule has 0 spiro atoms. The van der Waals surface area contributed by atoms with E-state index >= 15 is 0 Å². The predicted octanol–water partition coefficient (Wildman–Crippen LogP) is 5.10. The fourth-order valence-corrected chi connectivity index (χ4v) is 2.99. The number of benzene rings is 2. The first-order valence-electron chi connectivity index (χ1n) is 6.20. The molecule has 0 aliphatic heterocycles. The number of ketones is 1. The molecular formula is C16H13BrClFO2. The highest BCUT2D eigenvalue weighted by molar-refractivity contribution is 9.10. The maximum atomic E-state index is 13.1. The van der Waals surface area contributed by atoms with Crippen LogP contribution in [-0.2, 0) is 0 Å². The van der Waals surface area contributed by atoms with Gasteiger partial charge in [-0.25, -0.2) is 4.39 Å². The molecule has 2 aromatic carbocycles. The third-order valence-corrected chi connectivity index (χ3v) is 4.41.